The first-order valence-electron chi connectivity index (χ1n) is 5.95. The van der Waals surface area contributed by atoms with Crippen molar-refractivity contribution in [2.24, 2.45) is 5.10 Å². The lowest BCUT2D eigenvalue weighted by molar-refractivity contribution is 0.414. The van der Waals surface area contributed by atoms with Gasteiger partial charge in [0.1, 0.15) is 5.75 Å². The van der Waals surface area contributed by atoms with E-state index in [0.29, 0.717) is 0 Å². The van der Waals surface area contributed by atoms with Gasteiger partial charge in [-0.3, -0.25) is 0 Å². The van der Waals surface area contributed by atoms with Gasteiger partial charge in [0, 0.05) is 11.8 Å². The fourth-order valence-electron chi connectivity index (χ4n) is 1.69. The summed E-state index contributed by atoms with van der Waals surface area (Å²) in [5, 5.41) is 12.1. The molecule has 1 aromatic carbocycles. The second-order valence-corrected chi connectivity index (χ2v) is 3.97. The molecule has 2 aromatic rings. The molecule has 0 unspecified atom stereocenters. The Labute approximate surface area is 112 Å². The third kappa shape index (κ3) is 3.07. The maximum absolute atomic E-state index is 5.27. The van der Waals surface area contributed by atoms with Gasteiger partial charge in [0.25, 0.3) is 0 Å². The number of para-hydroxylation sites is 1. The Morgan fingerprint density at radius 1 is 1.16 bits per heavy atom. The lowest BCUT2D eigenvalue weighted by Crippen LogP contribution is -1.94. The van der Waals surface area contributed by atoms with Crippen molar-refractivity contribution >= 4 is 12.3 Å². The van der Waals surface area contributed by atoms with Crippen LogP contribution in [-0.2, 0) is 0 Å². The van der Waals surface area contributed by atoms with E-state index < -0.39 is 0 Å². The number of benzene rings is 1. The zero-order valence-electron chi connectivity index (χ0n) is 11.2. The van der Waals surface area contributed by atoms with Crippen LogP contribution in [0.5, 0.6) is 5.75 Å². The van der Waals surface area contributed by atoms with Gasteiger partial charge in [0.2, 0.25) is 0 Å². The van der Waals surface area contributed by atoms with Gasteiger partial charge in [-0.25, -0.2) is 4.68 Å². The average molecular weight is 256 g/mol. The number of methoxy groups -OCH3 is 1. The molecule has 1 heterocycles. The van der Waals surface area contributed by atoms with Crippen LogP contribution >= 0.6 is 0 Å². The highest BCUT2D eigenvalue weighted by Gasteiger charge is 2.00. The quantitative estimate of drug-likeness (QED) is 0.789. The van der Waals surface area contributed by atoms with Gasteiger partial charge >= 0.3 is 0 Å². The van der Waals surface area contributed by atoms with Crippen LogP contribution in [0.2, 0.25) is 0 Å². The minimum atomic E-state index is 0.763. The summed E-state index contributed by atoms with van der Waals surface area (Å²) in [6.07, 6.45) is 5.50. The standard InChI is InChI=1S/C14H16N4O/c1-11-16-17-12(2)18(11)15-10-6-8-13-7-4-5-9-14(13)19-3/h4-10H,1-3H3/b8-6-,15-10+. The predicted molar refractivity (Wildman–Crippen MR) is 75.4 cm³/mol. The van der Waals surface area contributed by atoms with E-state index in [-0.39, 0.29) is 0 Å². The van der Waals surface area contributed by atoms with E-state index in [9.17, 15) is 0 Å². The van der Waals surface area contributed by atoms with Crippen LogP contribution in [0.3, 0.4) is 0 Å². The normalized spacial score (nSPS) is 11.5. The highest BCUT2D eigenvalue weighted by molar-refractivity contribution is 5.79. The fourth-order valence-corrected chi connectivity index (χ4v) is 1.69. The molecule has 0 radical (unpaired) electrons. The van der Waals surface area contributed by atoms with Crippen molar-refractivity contribution in [1.82, 2.24) is 14.9 Å². The molecule has 0 fully saturated rings. The van der Waals surface area contributed by atoms with Gasteiger partial charge in [0.05, 0.1) is 7.11 Å². The molecule has 0 saturated heterocycles. The Morgan fingerprint density at radius 3 is 2.53 bits per heavy atom. The zero-order chi connectivity index (χ0) is 13.7. The van der Waals surface area contributed by atoms with Crippen LogP contribution < -0.4 is 4.74 Å². The highest BCUT2D eigenvalue weighted by Crippen LogP contribution is 2.18. The number of hydrogen-bond donors (Lipinski definition) is 0. The molecule has 0 amide bonds. The van der Waals surface area contributed by atoms with Crippen molar-refractivity contribution in [2.45, 2.75) is 13.8 Å². The Morgan fingerprint density at radius 2 is 1.84 bits per heavy atom. The second kappa shape index (κ2) is 5.95. The smallest absolute Gasteiger partial charge is 0.151 e. The SMILES string of the molecule is COc1ccccc1/C=C\C=N\n1c(C)nnc1C. The van der Waals surface area contributed by atoms with E-state index in [1.807, 2.05) is 50.3 Å². The summed E-state index contributed by atoms with van der Waals surface area (Å²) in [4.78, 5) is 0. The Hall–Kier alpha value is -2.43. The Bertz CT molecular complexity index is 594. The molecule has 0 N–H and O–H groups in total. The van der Waals surface area contributed by atoms with Crippen LogP contribution in [0.25, 0.3) is 6.08 Å². The summed E-state index contributed by atoms with van der Waals surface area (Å²) in [6, 6.07) is 7.81. The van der Waals surface area contributed by atoms with E-state index in [0.717, 1.165) is 23.0 Å². The molecule has 0 saturated carbocycles. The van der Waals surface area contributed by atoms with E-state index in [1.165, 1.54) is 0 Å². The van der Waals surface area contributed by atoms with Gasteiger partial charge in [-0.2, -0.15) is 5.10 Å². The number of rotatable bonds is 4. The van der Waals surface area contributed by atoms with E-state index >= 15 is 0 Å². The molecule has 98 valence electrons. The van der Waals surface area contributed by atoms with Crippen molar-refractivity contribution in [1.29, 1.82) is 0 Å². The summed E-state index contributed by atoms with van der Waals surface area (Å²) < 4.78 is 6.95. The third-order valence-corrected chi connectivity index (χ3v) is 2.64. The van der Waals surface area contributed by atoms with Crippen LogP contribution in [0.4, 0.5) is 0 Å². The molecule has 0 aliphatic heterocycles. The lowest BCUT2D eigenvalue weighted by Gasteiger charge is -2.02. The van der Waals surface area contributed by atoms with Gasteiger partial charge < -0.3 is 4.74 Å². The third-order valence-electron chi connectivity index (χ3n) is 2.64. The van der Waals surface area contributed by atoms with Crippen LogP contribution in [-0.4, -0.2) is 28.2 Å². The Balaban J connectivity index is 2.12. The first-order chi connectivity index (χ1) is 9.22. The number of aryl methyl sites for hydroxylation is 2. The van der Waals surface area contributed by atoms with Crippen LogP contribution in [0.1, 0.15) is 17.2 Å². The largest absolute Gasteiger partial charge is 0.496 e. The molecule has 0 bridgehead atoms. The van der Waals surface area contributed by atoms with Gasteiger partial charge in [-0.15, -0.1) is 10.2 Å². The molecular weight excluding hydrogens is 240 g/mol. The minimum absolute atomic E-state index is 0.763. The molecule has 0 aliphatic carbocycles. The first-order valence-corrected chi connectivity index (χ1v) is 5.95. The Kier molecular flexibility index (Phi) is 4.07. The molecule has 0 spiro atoms. The maximum Gasteiger partial charge on any atom is 0.151 e. The average Bonchev–Trinajstić information content (AvgIpc) is 2.75. The molecule has 0 aliphatic rings. The van der Waals surface area contributed by atoms with Crippen molar-refractivity contribution < 1.29 is 4.74 Å². The zero-order valence-corrected chi connectivity index (χ0v) is 11.2. The van der Waals surface area contributed by atoms with Gasteiger partial charge in [0.15, 0.2) is 11.6 Å². The monoisotopic (exact) mass is 256 g/mol. The number of hydrogen-bond acceptors (Lipinski definition) is 4. The van der Waals surface area contributed by atoms with Crippen molar-refractivity contribution in [3.8, 4) is 5.75 Å². The summed E-state index contributed by atoms with van der Waals surface area (Å²) in [7, 11) is 1.66. The molecular formula is C14H16N4O. The summed E-state index contributed by atoms with van der Waals surface area (Å²) in [5.41, 5.74) is 1.01. The summed E-state index contributed by atoms with van der Waals surface area (Å²) >= 11 is 0. The minimum Gasteiger partial charge on any atom is -0.496 e. The first kappa shape index (κ1) is 13.0. The number of nitrogens with zero attached hydrogens (tertiary/aromatic N) is 4. The summed E-state index contributed by atoms with van der Waals surface area (Å²) in [6.45, 7) is 3.72. The van der Waals surface area contributed by atoms with Crippen LogP contribution in [0, 0.1) is 13.8 Å². The molecule has 5 heteroatoms. The van der Waals surface area contributed by atoms with Crippen LogP contribution in [0.15, 0.2) is 35.4 Å². The fraction of sp³-hybridized carbons (Fsp3) is 0.214. The lowest BCUT2D eigenvalue weighted by atomic mass is 10.2. The summed E-state index contributed by atoms with van der Waals surface area (Å²) in [5.74, 6) is 2.36. The van der Waals surface area contributed by atoms with E-state index in [4.69, 9.17) is 4.74 Å². The number of ether oxygens (including phenoxy) is 1. The molecule has 1 aromatic heterocycles. The molecule has 2 rings (SSSR count). The van der Waals surface area contributed by atoms with Gasteiger partial charge in [-0.1, -0.05) is 18.2 Å². The second-order valence-electron chi connectivity index (χ2n) is 3.97. The predicted octanol–water partition coefficient (Wildman–Crippen LogP) is 2.45. The molecule has 19 heavy (non-hydrogen) atoms. The van der Waals surface area contributed by atoms with Gasteiger partial charge in [-0.05, 0) is 32.1 Å². The highest BCUT2D eigenvalue weighted by atomic mass is 16.5. The number of aromatic nitrogens is 3. The van der Waals surface area contributed by atoms with E-state index in [1.54, 1.807) is 18.0 Å². The van der Waals surface area contributed by atoms with E-state index in [2.05, 4.69) is 15.3 Å². The van der Waals surface area contributed by atoms with Crippen molar-refractivity contribution in [2.75, 3.05) is 7.11 Å². The molecule has 5 nitrogen and oxygen atoms in total. The topological polar surface area (TPSA) is 52.3 Å². The number of allylic oxidation sites excluding steroid dienone is 1. The van der Waals surface area contributed by atoms with Crippen molar-refractivity contribution in [3.63, 3.8) is 0 Å². The maximum atomic E-state index is 5.27. The molecule has 0 atom stereocenters. The van der Waals surface area contributed by atoms with Crippen molar-refractivity contribution in [3.05, 3.63) is 47.6 Å².